The first kappa shape index (κ1) is 24.4. The fourth-order valence-electron chi connectivity index (χ4n) is 4.50. The number of carbonyl (C=O) groups is 1. The topological polar surface area (TPSA) is 109 Å². The highest BCUT2D eigenvalue weighted by Gasteiger charge is 2.34. The summed E-state index contributed by atoms with van der Waals surface area (Å²) in [7, 11) is -3.56. The van der Waals surface area contributed by atoms with Crippen molar-refractivity contribution >= 4 is 15.7 Å². The number of hydrogen-bond donors (Lipinski definition) is 1. The largest absolute Gasteiger partial charge is 0.457 e. The van der Waals surface area contributed by atoms with Crippen LogP contribution in [0.4, 0.5) is 0 Å². The normalized spacial score (nSPS) is 17.8. The maximum atomic E-state index is 13.1. The second-order valence-electron chi connectivity index (χ2n) is 8.64. The van der Waals surface area contributed by atoms with Gasteiger partial charge in [0.25, 0.3) is 0 Å². The molecule has 1 aromatic heterocycles. The minimum atomic E-state index is -3.56. The summed E-state index contributed by atoms with van der Waals surface area (Å²) in [5.74, 6) is 0.472. The van der Waals surface area contributed by atoms with Gasteiger partial charge in [0, 0.05) is 18.3 Å². The maximum Gasteiger partial charge on any atom is 0.224 e. The quantitative estimate of drug-likeness (QED) is 0.457. The first-order chi connectivity index (χ1) is 17.0. The Balaban J connectivity index is 1.43. The van der Waals surface area contributed by atoms with Gasteiger partial charge in [0.1, 0.15) is 18.0 Å². The molecule has 0 bridgehead atoms. The van der Waals surface area contributed by atoms with Gasteiger partial charge in [-0.2, -0.15) is 5.26 Å². The van der Waals surface area contributed by atoms with Crippen LogP contribution in [-0.4, -0.2) is 31.6 Å². The number of nitrogens with zero attached hydrogens (tertiary/aromatic N) is 2. The third-order valence-corrected chi connectivity index (χ3v) is 8.16. The number of rotatable bonds is 8. The van der Waals surface area contributed by atoms with Gasteiger partial charge in [-0.15, -0.1) is 0 Å². The van der Waals surface area contributed by atoms with Crippen molar-refractivity contribution < 1.29 is 17.9 Å². The number of nitriles is 1. The summed E-state index contributed by atoms with van der Waals surface area (Å²) in [6.07, 6.45) is 6.46. The van der Waals surface area contributed by atoms with Gasteiger partial charge < -0.3 is 10.1 Å². The van der Waals surface area contributed by atoms with Gasteiger partial charge in [-0.05, 0) is 66.3 Å². The second kappa shape index (κ2) is 11.2. The molecule has 3 aromatic rings. The van der Waals surface area contributed by atoms with Crippen molar-refractivity contribution in [3.05, 3.63) is 73.1 Å². The van der Waals surface area contributed by atoms with Crippen molar-refractivity contribution in [2.45, 2.75) is 30.6 Å². The SMILES string of the molecule is N#CCNC(=O)[C@H]1CCCC[C@@H]1CS(=O)(=O)c1ccc(-c2ccc(Oc3ccncc3)cc2)cc1. The molecule has 1 N–H and O–H groups in total. The van der Waals surface area contributed by atoms with Gasteiger partial charge in [0.15, 0.2) is 9.84 Å². The lowest BCUT2D eigenvalue weighted by Crippen LogP contribution is -2.39. The summed E-state index contributed by atoms with van der Waals surface area (Å²) >= 11 is 0. The van der Waals surface area contributed by atoms with Crippen LogP contribution in [0.2, 0.25) is 0 Å². The number of carbonyl (C=O) groups excluding carboxylic acids is 1. The minimum absolute atomic E-state index is 0.0624. The summed E-state index contributed by atoms with van der Waals surface area (Å²) in [4.78, 5) is 16.7. The average molecular weight is 490 g/mol. The van der Waals surface area contributed by atoms with Crippen LogP contribution in [0.3, 0.4) is 0 Å². The zero-order valence-electron chi connectivity index (χ0n) is 19.3. The van der Waals surface area contributed by atoms with Gasteiger partial charge in [-0.25, -0.2) is 8.42 Å². The third kappa shape index (κ3) is 6.25. The van der Waals surface area contributed by atoms with Crippen molar-refractivity contribution in [1.29, 1.82) is 5.26 Å². The highest BCUT2D eigenvalue weighted by atomic mass is 32.2. The van der Waals surface area contributed by atoms with E-state index in [2.05, 4.69) is 10.3 Å². The van der Waals surface area contributed by atoms with E-state index < -0.39 is 9.84 Å². The molecule has 8 heteroatoms. The summed E-state index contributed by atoms with van der Waals surface area (Å²) in [6, 6.07) is 19.9. The number of sulfone groups is 1. The number of nitrogens with one attached hydrogen (secondary N) is 1. The number of ether oxygens (including phenoxy) is 1. The molecule has 0 spiro atoms. The van der Waals surface area contributed by atoms with Crippen molar-refractivity contribution in [3.8, 4) is 28.7 Å². The Labute approximate surface area is 205 Å². The molecule has 1 amide bonds. The van der Waals surface area contributed by atoms with Crippen LogP contribution in [0.15, 0.2) is 78.0 Å². The van der Waals surface area contributed by atoms with E-state index in [0.29, 0.717) is 24.3 Å². The zero-order valence-corrected chi connectivity index (χ0v) is 20.1. The van der Waals surface area contributed by atoms with E-state index in [-0.39, 0.29) is 34.9 Å². The third-order valence-electron chi connectivity index (χ3n) is 6.31. The van der Waals surface area contributed by atoms with E-state index >= 15 is 0 Å². The van der Waals surface area contributed by atoms with Gasteiger partial charge in [-0.1, -0.05) is 37.1 Å². The Hall–Kier alpha value is -3.70. The lowest BCUT2D eigenvalue weighted by molar-refractivity contribution is -0.127. The highest BCUT2D eigenvalue weighted by Crippen LogP contribution is 2.33. The smallest absolute Gasteiger partial charge is 0.224 e. The van der Waals surface area contributed by atoms with Crippen LogP contribution in [0.5, 0.6) is 11.5 Å². The molecule has 7 nitrogen and oxygen atoms in total. The van der Waals surface area contributed by atoms with Crippen LogP contribution < -0.4 is 10.1 Å². The van der Waals surface area contributed by atoms with Crippen LogP contribution in [0.1, 0.15) is 25.7 Å². The first-order valence-electron chi connectivity index (χ1n) is 11.6. The van der Waals surface area contributed by atoms with Crippen LogP contribution in [0.25, 0.3) is 11.1 Å². The molecular weight excluding hydrogens is 462 g/mol. The summed E-state index contributed by atoms with van der Waals surface area (Å²) in [6.45, 7) is -0.0624. The molecule has 0 aliphatic heterocycles. The van der Waals surface area contributed by atoms with E-state index in [1.54, 1.807) is 48.8 Å². The first-order valence-corrected chi connectivity index (χ1v) is 13.3. The molecular formula is C27H27N3O4S. The molecule has 35 heavy (non-hydrogen) atoms. The zero-order chi connectivity index (χ0) is 24.7. The van der Waals surface area contributed by atoms with E-state index in [4.69, 9.17) is 10.00 Å². The van der Waals surface area contributed by atoms with E-state index in [1.807, 2.05) is 30.3 Å². The molecule has 180 valence electrons. The molecule has 1 aliphatic rings. The van der Waals surface area contributed by atoms with Crippen molar-refractivity contribution in [2.75, 3.05) is 12.3 Å². The van der Waals surface area contributed by atoms with Crippen molar-refractivity contribution in [2.24, 2.45) is 11.8 Å². The predicted octanol–water partition coefficient (Wildman–Crippen LogP) is 4.76. The predicted molar refractivity (Wildman–Crippen MR) is 132 cm³/mol. The molecule has 1 fully saturated rings. The fourth-order valence-corrected chi connectivity index (χ4v) is 6.21. The maximum absolute atomic E-state index is 13.1. The lowest BCUT2D eigenvalue weighted by atomic mass is 9.80. The Morgan fingerprint density at radius 2 is 1.54 bits per heavy atom. The average Bonchev–Trinajstić information content (AvgIpc) is 2.88. The van der Waals surface area contributed by atoms with Crippen LogP contribution in [-0.2, 0) is 14.6 Å². The molecule has 1 saturated carbocycles. The monoisotopic (exact) mass is 489 g/mol. The summed E-state index contributed by atoms with van der Waals surface area (Å²) < 4.78 is 32.1. The number of pyridine rings is 1. The Bertz CT molecular complexity index is 1290. The lowest BCUT2D eigenvalue weighted by Gasteiger charge is -2.30. The number of aromatic nitrogens is 1. The van der Waals surface area contributed by atoms with Gasteiger partial charge in [0.2, 0.25) is 5.91 Å². The molecule has 4 rings (SSSR count). The highest BCUT2D eigenvalue weighted by molar-refractivity contribution is 7.91. The Morgan fingerprint density at radius 1 is 0.943 bits per heavy atom. The van der Waals surface area contributed by atoms with Crippen molar-refractivity contribution in [1.82, 2.24) is 10.3 Å². The fraction of sp³-hybridized carbons (Fsp3) is 0.296. The number of hydrogen-bond acceptors (Lipinski definition) is 6. The Kier molecular flexibility index (Phi) is 7.78. The van der Waals surface area contributed by atoms with E-state index in [9.17, 15) is 13.2 Å². The summed E-state index contributed by atoms with van der Waals surface area (Å²) in [5.41, 5.74) is 1.84. The summed E-state index contributed by atoms with van der Waals surface area (Å²) in [5, 5.41) is 11.3. The molecule has 2 aromatic carbocycles. The van der Waals surface area contributed by atoms with E-state index in [1.165, 1.54) is 0 Å². The minimum Gasteiger partial charge on any atom is -0.457 e. The molecule has 2 atom stereocenters. The second-order valence-corrected chi connectivity index (χ2v) is 10.7. The molecule has 0 saturated heterocycles. The molecule has 0 radical (unpaired) electrons. The number of benzene rings is 2. The van der Waals surface area contributed by atoms with Crippen molar-refractivity contribution in [3.63, 3.8) is 0 Å². The molecule has 1 heterocycles. The molecule has 1 aliphatic carbocycles. The van der Waals surface area contributed by atoms with Crippen LogP contribution >= 0.6 is 0 Å². The standard InChI is InChI=1S/C27H27N3O4S/c28-15-18-30-27(31)26-4-2-1-3-22(26)19-35(32,33)25-11-7-21(8-12-25)20-5-9-23(10-6-20)34-24-13-16-29-17-14-24/h5-14,16-17,22,26H,1-4,18-19H2,(H,30,31)/t22-,26+/m1/s1. The van der Waals surface area contributed by atoms with E-state index in [0.717, 1.165) is 24.0 Å². The Morgan fingerprint density at radius 3 is 2.20 bits per heavy atom. The van der Waals surface area contributed by atoms with Gasteiger partial charge in [-0.3, -0.25) is 9.78 Å². The number of amides is 1. The molecule has 0 unspecified atom stereocenters. The van der Waals surface area contributed by atoms with Gasteiger partial charge in [0.05, 0.1) is 16.7 Å². The van der Waals surface area contributed by atoms with Gasteiger partial charge >= 0.3 is 0 Å². The van der Waals surface area contributed by atoms with Crippen LogP contribution in [0, 0.1) is 23.2 Å².